The fraction of sp³-hybridized carbons (Fsp3) is 0.400. The maximum absolute atomic E-state index is 9.60. The second-order valence-corrected chi connectivity index (χ2v) is 5.12. The molecule has 0 spiro atoms. The highest BCUT2D eigenvalue weighted by Gasteiger charge is 2.08. The van der Waals surface area contributed by atoms with E-state index in [-0.39, 0.29) is 5.60 Å². The Morgan fingerprint density at radius 1 is 1.39 bits per heavy atom. The first-order valence-electron chi connectivity index (χ1n) is 6.07. The van der Waals surface area contributed by atoms with Gasteiger partial charge in [-0.05, 0) is 50.5 Å². The molecule has 1 aliphatic rings. The van der Waals surface area contributed by atoms with Crippen molar-refractivity contribution in [3.05, 3.63) is 35.9 Å². The van der Waals surface area contributed by atoms with E-state index in [9.17, 15) is 4.79 Å². The van der Waals surface area contributed by atoms with Gasteiger partial charge in [-0.2, -0.15) is 0 Å². The maximum atomic E-state index is 9.60. The average Bonchev–Trinajstić information content (AvgIpc) is 2.74. The lowest BCUT2D eigenvalue weighted by atomic mass is 10.1. The number of hydrogen-bond donors (Lipinski definition) is 1. The van der Waals surface area contributed by atoms with Crippen LogP contribution in [0, 0.1) is 0 Å². The number of fused-ring (bicyclic) bond motifs is 1. The molecular formula is C15H21NO2. The topological polar surface area (TPSA) is 38.3 Å². The number of ether oxygens (including phenoxy) is 1. The van der Waals surface area contributed by atoms with Crippen LogP contribution in [0.25, 0.3) is 6.08 Å². The number of nitrogens with one attached hydrogen (secondary N) is 1. The first-order valence-corrected chi connectivity index (χ1v) is 6.07. The van der Waals surface area contributed by atoms with E-state index in [0.29, 0.717) is 6.47 Å². The average molecular weight is 247 g/mol. The molecule has 0 saturated heterocycles. The van der Waals surface area contributed by atoms with Crippen molar-refractivity contribution in [3.63, 3.8) is 0 Å². The van der Waals surface area contributed by atoms with Gasteiger partial charge in [0.05, 0.1) is 0 Å². The Bertz CT molecular complexity index is 419. The third kappa shape index (κ3) is 4.62. The fourth-order valence-electron chi connectivity index (χ4n) is 1.60. The lowest BCUT2D eigenvalue weighted by Crippen LogP contribution is -2.17. The van der Waals surface area contributed by atoms with Crippen molar-refractivity contribution in [2.75, 3.05) is 11.9 Å². The number of carbonyl (C=O) groups is 1. The lowest BCUT2D eigenvalue weighted by Gasteiger charge is -2.14. The summed E-state index contributed by atoms with van der Waals surface area (Å²) >= 11 is 0. The first-order chi connectivity index (χ1) is 8.46. The van der Waals surface area contributed by atoms with Crippen LogP contribution < -0.4 is 5.32 Å². The molecule has 0 aromatic heterocycles. The van der Waals surface area contributed by atoms with E-state index in [1.807, 2.05) is 26.8 Å². The molecule has 0 amide bonds. The van der Waals surface area contributed by atoms with Crippen LogP contribution in [0.3, 0.4) is 0 Å². The molecular weight excluding hydrogens is 226 g/mol. The Balaban J connectivity index is 0.000000203. The summed E-state index contributed by atoms with van der Waals surface area (Å²) < 4.78 is 4.55. The highest BCUT2D eigenvalue weighted by atomic mass is 16.5. The molecule has 1 heterocycles. The van der Waals surface area contributed by atoms with Gasteiger partial charge >= 0.3 is 0 Å². The van der Waals surface area contributed by atoms with Crippen LogP contribution in [0.5, 0.6) is 0 Å². The van der Waals surface area contributed by atoms with Crippen LogP contribution in [-0.2, 0) is 16.0 Å². The Morgan fingerprint density at radius 2 is 2.11 bits per heavy atom. The van der Waals surface area contributed by atoms with Crippen molar-refractivity contribution in [3.8, 4) is 0 Å². The third-order valence-corrected chi connectivity index (χ3v) is 2.48. The molecule has 1 aliphatic heterocycles. The molecule has 0 aliphatic carbocycles. The van der Waals surface area contributed by atoms with Crippen molar-refractivity contribution in [1.29, 1.82) is 0 Å². The molecule has 0 unspecified atom stereocenters. The Labute approximate surface area is 109 Å². The van der Waals surface area contributed by atoms with E-state index in [2.05, 4.69) is 34.8 Å². The van der Waals surface area contributed by atoms with Gasteiger partial charge in [0.25, 0.3) is 6.47 Å². The molecule has 0 atom stereocenters. The van der Waals surface area contributed by atoms with Crippen molar-refractivity contribution >= 4 is 18.2 Å². The zero-order valence-electron chi connectivity index (χ0n) is 11.3. The molecule has 98 valence electrons. The molecule has 0 radical (unpaired) electrons. The quantitative estimate of drug-likeness (QED) is 0.815. The van der Waals surface area contributed by atoms with Gasteiger partial charge in [0.2, 0.25) is 0 Å². The second kappa shape index (κ2) is 6.24. The predicted octanol–water partition coefficient (Wildman–Crippen LogP) is 3.26. The minimum atomic E-state index is -0.318. The fourth-order valence-corrected chi connectivity index (χ4v) is 1.60. The van der Waals surface area contributed by atoms with Crippen molar-refractivity contribution in [1.82, 2.24) is 0 Å². The SMILES string of the molecule is C=Cc1ccc2c(c1)CCN2.CC(C)(C)OC=O. The summed E-state index contributed by atoms with van der Waals surface area (Å²) in [6, 6.07) is 6.41. The summed E-state index contributed by atoms with van der Waals surface area (Å²) in [6.07, 6.45) is 3.04. The van der Waals surface area contributed by atoms with Gasteiger partial charge in [0.15, 0.2) is 0 Å². The van der Waals surface area contributed by atoms with Crippen LogP contribution in [-0.4, -0.2) is 18.6 Å². The van der Waals surface area contributed by atoms with E-state index in [1.165, 1.54) is 16.8 Å². The molecule has 0 fully saturated rings. The summed E-state index contributed by atoms with van der Waals surface area (Å²) in [5, 5.41) is 3.32. The molecule has 18 heavy (non-hydrogen) atoms. The van der Waals surface area contributed by atoms with E-state index < -0.39 is 0 Å². The third-order valence-electron chi connectivity index (χ3n) is 2.48. The molecule has 1 aromatic rings. The van der Waals surface area contributed by atoms with Gasteiger partial charge < -0.3 is 10.1 Å². The van der Waals surface area contributed by atoms with Crippen LogP contribution in [0.4, 0.5) is 5.69 Å². The monoisotopic (exact) mass is 247 g/mol. The van der Waals surface area contributed by atoms with E-state index in [4.69, 9.17) is 0 Å². The number of benzene rings is 1. The standard InChI is InChI=1S/C10H11N.C5H10O2/c1-2-8-3-4-10-9(7-8)5-6-11-10;1-5(2,3)7-4-6/h2-4,7,11H,1,5-6H2;4H,1-3H3. The van der Waals surface area contributed by atoms with Gasteiger partial charge in [0.1, 0.15) is 5.60 Å². The van der Waals surface area contributed by atoms with Gasteiger partial charge in [-0.1, -0.05) is 18.7 Å². The van der Waals surface area contributed by atoms with E-state index in [1.54, 1.807) is 0 Å². The number of hydrogen-bond acceptors (Lipinski definition) is 3. The zero-order valence-corrected chi connectivity index (χ0v) is 11.3. The normalized spacial score (nSPS) is 12.6. The van der Waals surface area contributed by atoms with Crippen molar-refractivity contribution in [2.24, 2.45) is 0 Å². The molecule has 2 rings (SSSR count). The first kappa shape index (κ1) is 14.3. The summed E-state index contributed by atoms with van der Waals surface area (Å²) in [7, 11) is 0. The molecule has 0 saturated carbocycles. The van der Waals surface area contributed by atoms with Gasteiger partial charge in [0, 0.05) is 12.2 Å². The Morgan fingerprint density at radius 3 is 2.61 bits per heavy atom. The van der Waals surface area contributed by atoms with E-state index >= 15 is 0 Å². The minimum absolute atomic E-state index is 0.318. The van der Waals surface area contributed by atoms with Crippen molar-refractivity contribution in [2.45, 2.75) is 32.8 Å². The highest BCUT2D eigenvalue weighted by molar-refractivity contribution is 5.61. The number of rotatable bonds is 2. The summed E-state index contributed by atoms with van der Waals surface area (Å²) in [5.74, 6) is 0. The van der Waals surface area contributed by atoms with Crippen molar-refractivity contribution < 1.29 is 9.53 Å². The highest BCUT2D eigenvalue weighted by Crippen LogP contribution is 2.23. The Kier molecular flexibility index (Phi) is 4.95. The number of carbonyl (C=O) groups excluding carboxylic acids is 1. The summed E-state index contributed by atoms with van der Waals surface area (Å²) in [6.45, 7) is 10.7. The second-order valence-electron chi connectivity index (χ2n) is 5.12. The minimum Gasteiger partial charge on any atom is -0.462 e. The molecule has 0 bridgehead atoms. The molecule has 3 heteroatoms. The summed E-state index contributed by atoms with van der Waals surface area (Å²) in [5.41, 5.74) is 3.60. The van der Waals surface area contributed by atoms with Gasteiger partial charge in [-0.3, -0.25) is 4.79 Å². The zero-order chi connectivity index (χ0) is 13.6. The molecule has 1 aromatic carbocycles. The van der Waals surface area contributed by atoms with Crippen LogP contribution in [0.2, 0.25) is 0 Å². The smallest absolute Gasteiger partial charge is 0.293 e. The predicted molar refractivity (Wildman–Crippen MR) is 75.6 cm³/mol. The van der Waals surface area contributed by atoms with Crippen LogP contribution >= 0.6 is 0 Å². The van der Waals surface area contributed by atoms with Crippen LogP contribution in [0.15, 0.2) is 24.8 Å². The Hall–Kier alpha value is -1.77. The van der Waals surface area contributed by atoms with Gasteiger partial charge in [-0.15, -0.1) is 0 Å². The van der Waals surface area contributed by atoms with E-state index in [0.717, 1.165) is 13.0 Å². The lowest BCUT2D eigenvalue weighted by molar-refractivity contribution is -0.138. The molecule has 1 N–H and O–H groups in total. The largest absolute Gasteiger partial charge is 0.462 e. The maximum Gasteiger partial charge on any atom is 0.293 e. The van der Waals surface area contributed by atoms with Crippen LogP contribution in [0.1, 0.15) is 31.9 Å². The molecule has 3 nitrogen and oxygen atoms in total. The summed E-state index contributed by atoms with van der Waals surface area (Å²) in [4.78, 5) is 9.60. The van der Waals surface area contributed by atoms with Gasteiger partial charge in [-0.25, -0.2) is 0 Å². The number of anilines is 1.